The molecular weight excluding hydrogens is 462 g/mol. The number of ether oxygens (including phenoxy) is 1. The van der Waals surface area contributed by atoms with Gasteiger partial charge in [0, 0.05) is 24.4 Å². The third-order valence-corrected chi connectivity index (χ3v) is 6.04. The molecule has 0 aliphatic carbocycles. The lowest BCUT2D eigenvalue weighted by atomic mass is 10.1. The predicted octanol–water partition coefficient (Wildman–Crippen LogP) is 1.96. The molecule has 12 heteroatoms. The van der Waals surface area contributed by atoms with E-state index in [0.29, 0.717) is 30.0 Å². The molecule has 5 rings (SSSR count). The van der Waals surface area contributed by atoms with Gasteiger partial charge >= 0.3 is 0 Å². The summed E-state index contributed by atoms with van der Waals surface area (Å²) in [5.74, 6) is -0.215. The van der Waals surface area contributed by atoms with Gasteiger partial charge in [0.1, 0.15) is 34.7 Å². The highest BCUT2D eigenvalue weighted by atomic mass is 16.5. The summed E-state index contributed by atoms with van der Waals surface area (Å²) in [6.07, 6.45) is 3.11. The van der Waals surface area contributed by atoms with Crippen molar-refractivity contribution in [3.63, 3.8) is 0 Å². The van der Waals surface area contributed by atoms with Gasteiger partial charge in [0.05, 0.1) is 30.6 Å². The summed E-state index contributed by atoms with van der Waals surface area (Å²) in [4.78, 5) is 43.1. The molecule has 5 heterocycles. The number of hydrogen-bond acceptors (Lipinski definition) is 9. The minimum Gasteiger partial charge on any atom is -0.372 e. The largest absolute Gasteiger partial charge is 0.372 e. The van der Waals surface area contributed by atoms with Crippen molar-refractivity contribution in [2.24, 2.45) is 7.05 Å². The molecule has 1 aliphatic rings. The number of nitrogens with zero attached hydrogens (tertiary/aromatic N) is 6. The molecule has 4 aromatic rings. The third kappa shape index (κ3) is 4.39. The Morgan fingerprint density at radius 1 is 1.06 bits per heavy atom. The van der Waals surface area contributed by atoms with Crippen LogP contribution in [0.1, 0.15) is 34.2 Å². The van der Waals surface area contributed by atoms with Gasteiger partial charge in [-0.2, -0.15) is 5.10 Å². The van der Waals surface area contributed by atoms with Crippen LogP contribution in [0, 0.1) is 6.92 Å². The minimum absolute atomic E-state index is 0.231. The molecule has 1 unspecified atom stereocenters. The molecule has 36 heavy (non-hydrogen) atoms. The number of amides is 2. The second kappa shape index (κ2) is 9.40. The molecule has 12 nitrogen and oxygen atoms in total. The van der Waals surface area contributed by atoms with Crippen molar-refractivity contribution in [2.75, 3.05) is 17.7 Å². The van der Waals surface area contributed by atoms with E-state index in [1.54, 1.807) is 43.0 Å². The Bertz CT molecular complexity index is 1500. The number of likely N-dealkylation sites (N-methyl/N-ethyl adjacent to an activating group) is 1. The lowest BCUT2D eigenvalue weighted by molar-refractivity contribution is -0.117. The van der Waals surface area contributed by atoms with Crippen LogP contribution in [-0.4, -0.2) is 54.6 Å². The Labute approximate surface area is 206 Å². The fraction of sp³-hybridized carbons (Fsp3) is 0.292. The van der Waals surface area contributed by atoms with Crippen molar-refractivity contribution in [1.82, 2.24) is 35.0 Å². The fourth-order valence-electron chi connectivity index (χ4n) is 4.01. The SMILES string of the molecule is CNC(C)C(=O)Nc1cc(-c2ncnc3c(C)nn(C)c23)cc(NC(=O)c2cc3c(cn2)COC3)n1. The quantitative estimate of drug-likeness (QED) is 0.371. The third-order valence-electron chi connectivity index (χ3n) is 6.04. The van der Waals surface area contributed by atoms with Crippen molar-refractivity contribution < 1.29 is 14.3 Å². The smallest absolute Gasteiger partial charge is 0.275 e. The van der Waals surface area contributed by atoms with Crippen molar-refractivity contribution in [3.05, 3.63) is 53.2 Å². The van der Waals surface area contributed by atoms with Crippen molar-refractivity contribution >= 4 is 34.5 Å². The summed E-state index contributed by atoms with van der Waals surface area (Å²) in [6, 6.07) is 4.66. The molecule has 0 spiro atoms. The van der Waals surface area contributed by atoms with E-state index in [1.807, 2.05) is 14.0 Å². The summed E-state index contributed by atoms with van der Waals surface area (Å²) in [5.41, 5.74) is 5.55. The van der Waals surface area contributed by atoms with E-state index in [9.17, 15) is 9.59 Å². The Morgan fingerprint density at radius 3 is 2.58 bits per heavy atom. The summed E-state index contributed by atoms with van der Waals surface area (Å²) in [7, 11) is 3.50. The fourth-order valence-corrected chi connectivity index (χ4v) is 4.01. The molecule has 3 N–H and O–H groups in total. The van der Waals surface area contributed by atoms with Crippen molar-refractivity contribution in [2.45, 2.75) is 33.1 Å². The number of hydrogen-bond donors (Lipinski definition) is 3. The zero-order valence-corrected chi connectivity index (χ0v) is 20.3. The van der Waals surface area contributed by atoms with Crippen LogP contribution >= 0.6 is 0 Å². The van der Waals surface area contributed by atoms with Crippen LogP contribution in [0.25, 0.3) is 22.3 Å². The van der Waals surface area contributed by atoms with Gasteiger partial charge in [-0.3, -0.25) is 19.3 Å². The Kier molecular flexibility index (Phi) is 6.12. The van der Waals surface area contributed by atoms with Crippen LogP contribution in [0.3, 0.4) is 0 Å². The Balaban J connectivity index is 1.55. The number of nitrogens with one attached hydrogen (secondary N) is 3. The first-order valence-corrected chi connectivity index (χ1v) is 11.4. The van der Waals surface area contributed by atoms with Crippen molar-refractivity contribution in [3.8, 4) is 11.3 Å². The number of anilines is 2. The molecule has 0 saturated carbocycles. The standard InChI is InChI=1S/C24H25N9O3/c1-12-20-22(33(4)32-12)21(28-11-27-20)14-6-18(30-23(34)13(2)25-3)29-19(7-14)31-24(35)17-5-15-9-36-10-16(15)8-26-17/h5-8,11,13,25H,9-10H2,1-4H3,(H2,29,30,31,34,35). The number of carbonyl (C=O) groups excluding carboxylic acids is 2. The molecule has 4 aromatic heterocycles. The van der Waals surface area contributed by atoms with Crippen LogP contribution in [-0.2, 0) is 29.8 Å². The number of aromatic nitrogens is 6. The second-order valence-corrected chi connectivity index (χ2v) is 8.54. The number of fused-ring (bicyclic) bond motifs is 2. The van der Waals surface area contributed by atoms with E-state index in [-0.39, 0.29) is 23.2 Å². The summed E-state index contributed by atoms with van der Waals surface area (Å²) < 4.78 is 7.12. The molecule has 0 saturated heterocycles. The summed E-state index contributed by atoms with van der Waals surface area (Å²) in [6.45, 7) is 4.54. The first-order chi connectivity index (χ1) is 17.3. The maximum absolute atomic E-state index is 13.0. The van der Waals surface area contributed by atoms with Gasteiger partial charge in [-0.05, 0) is 44.7 Å². The normalized spacial score (nSPS) is 13.4. The highest BCUT2D eigenvalue weighted by Crippen LogP contribution is 2.30. The second-order valence-electron chi connectivity index (χ2n) is 8.54. The maximum atomic E-state index is 13.0. The van der Waals surface area contributed by atoms with Gasteiger partial charge in [-0.1, -0.05) is 0 Å². The highest BCUT2D eigenvalue weighted by Gasteiger charge is 2.20. The van der Waals surface area contributed by atoms with E-state index in [0.717, 1.165) is 22.3 Å². The van der Waals surface area contributed by atoms with Crippen LogP contribution in [0.4, 0.5) is 11.6 Å². The first-order valence-electron chi connectivity index (χ1n) is 11.4. The van der Waals surface area contributed by atoms with Crippen LogP contribution in [0.2, 0.25) is 0 Å². The molecule has 0 bridgehead atoms. The molecule has 184 valence electrons. The molecule has 0 radical (unpaired) electrons. The van der Waals surface area contributed by atoms with Crippen LogP contribution in [0.5, 0.6) is 0 Å². The summed E-state index contributed by atoms with van der Waals surface area (Å²) >= 11 is 0. The van der Waals surface area contributed by atoms with Crippen LogP contribution in [0.15, 0.2) is 30.7 Å². The average molecular weight is 488 g/mol. The number of rotatable bonds is 6. The predicted molar refractivity (Wildman–Crippen MR) is 132 cm³/mol. The average Bonchev–Trinajstić information content (AvgIpc) is 3.46. The lowest BCUT2D eigenvalue weighted by Crippen LogP contribution is -2.35. The van der Waals surface area contributed by atoms with Crippen LogP contribution < -0.4 is 16.0 Å². The van der Waals surface area contributed by atoms with E-state index >= 15 is 0 Å². The monoisotopic (exact) mass is 487 g/mol. The molecule has 2 amide bonds. The Morgan fingerprint density at radius 2 is 1.81 bits per heavy atom. The summed E-state index contributed by atoms with van der Waals surface area (Å²) in [5, 5.41) is 12.9. The molecular formula is C24H25N9O3. The van der Waals surface area contributed by atoms with Gasteiger partial charge in [0.15, 0.2) is 0 Å². The molecule has 1 atom stereocenters. The van der Waals surface area contributed by atoms with Crippen molar-refractivity contribution in [1.29, 1.82) is 0 Å². The first kappa shape index (κ1) is 23.5. The van der Waals surface area contributed by atoms with Gasteiger partial charge < -0.3 is 20.7 Å². The van der Waals surface area contributed by atoms with E-state index in [2.05, 4.69) is 41.0 Å². The maximum Gasteiger partial charge on any atom is 0.275 e. The number of carbonyl (C=O) groups is 2. The molecule has 0 aromatic carbocycles. The topological polar surface area (TPSA) is 149 Å². The van der Waals surface area contributed by atoms with E-state index in [1.165, 1.54) is 6.33 Å². The van der Waals surface area contributed by atoms with E-state index in [4.69, 9.17) is 4.74 Å². The minimum atomic E-state index is -0.447. The lowest BCUT2D eigenvalue weighted by Gasteiger charge is -2.14. The zero-order chi connectivity index (χ0) is 25.4. The van der Waals surface area contributed by atoms with Gasteiger partial charge in [-0.15, -0.1) is 0 Å². The molecule has 0 fully saturated rings. The Hall–Kier alpha value is -4.29. The van der Waals surface area contributed by atoms with Gasteiger partial charge in [-0.25, -0.2) is 15.0 Å². The number of aryl methyl sites for hydroxylation is 2. The molecule has 1 aliphatic heterocycles. The van der Waals surface area contributed by atoms with Gasteiger partial charge in [0.2, 0.25) is 5.91 Å². The highest BCUT2D eigenvalue weighted by molar-refractivity contribution is 6.03. The number of pyridine rings is 2. The zero-order valence-electron chi connectivity index (χ0n) is 20.3. The van der Waals surface area contributed by atoms with Gasteiger partial charge in [0.25, 0.3) is 5.91 Å². The van der Waals surface area contributed by atoms with E-state index < -0.39 is 11.9 Å².